The number of amides is 1. The van der Waals surface area contributed by atoms with Crippen molar-refractivity contribution in [1.82, 2.24) is 20.6 Å². The van der Waals surface area contributed by atoms with E-state index in [9.17, 15) is 19.8 Å². The first-order chi connectivity index (χ1) is 22.4. The second-order valence-corrected chi connectivity index (χ2v) is 10.7. The first-order valence-corrected chi connectivity index (χ1v) is 15.2. The van der Waals surface area contributed by atoms with E-state index < -0.39 is 6.10 Å². The van der Waals surface area contributed by atoms with Gasteiger partial charge in [0.1, 0.15) is 30.0 Å². The van der Waals surface area contributed by atoms with E-state index in [1.807, 2.05) is 54.7 Å². The van der Waals surface area contributed by atoms with Crippen LogP contribution in [0.5, 0.6) is 17.2 Å². The van der Waals surface area contributed by atoms with Crippen LogP contribution in [0.1, 0.15) is 29.3 Å². The van der Waals surface area contributed by atoms with E-state index >= 15 is 0 Å². The minimum absolute atomic E-state index is 0.0943. The van der Waals surface area contributed by atoms with Crippen molar-refractivity contribution in [2.45, 2.75) is 31.9 Å². The molecule has 1 amide bonds. The molecule has 11 heteroatoms. The third-order valence-corrected chi connectivity index (χ3v) is 7.37. The molecule has 0 fully saturated rings. The topological polar surface area (TPSA) is 155 Å². The number of hydrogen-bond donors (Lipinski definition) is 5. The molecular weight excluding hydrogens is 588 g/mol. The molecule has 0 saturated carbocycles. The number of aromatic amines is 1. The Balaban J connectivity index is 1.11. The molecule has 11 nitrogen and oxygen atoms in total. The van der Waals surface area contributed by atoms with E-state index in [2.05, 4.69) is 20.6 Å². The normalized spacial score (nSPS) is 12.5. The number of aliphatic hydroxyl groups excluding tert-OH is 2. The Morgan fingerprint density at radius 3 is 2.65 bits per heavy atom. The van der Waals surface area contributed by atoms with Crippen molar-refractivity contribution in [3.8, 4) is 17.2 Å². The maximum absolute atomic E-state index is 12.6. The van der Waals surface area contributed by atoms with Crippen LogP contribution in [-0.4, -0.2) is 77.1 Å². The van der Waals surface area contributed by atoms with Crippen LogP contribution in [0.4, 0.5) is 0 Å². The Kier molecular flexibility index (Phi) is 11.2. The molecule has 5 aromatic rings. The van der Waals surface area contributed by atoms with Gasteiger partial charge in [0.2, 0.25) is 0 Å². The smallest absolute Gasteiger partial charge is 0.307 e. The van der Waals surface area contributed by atoms with E-state index in [1.165, 1.54) is 0 Å². The average Bonchev–Trinajstić information content (AvgIpc) is 3.56. The predicted octanol–water partition coefficient (Wildman–Crippen LogP) is 4.12. The Morgan fingerprint density at radius 1 is 1.00 bits per heavy atom. The Morgan fingerprint density at radius 2 is 1.85 bits per heavy atom. The first kappa shape index (κ1) is 32.4. The van der Waals surface area contributed by atoms with Gasteiger partial charge in [-0.3, -0.25) is 14.6 Å². The van der Waals surface area contributed by atoms with Crippen LogP contribution in [-0.2, 0) is 16.0 Å². The summed E-state index contributed by atoms with van der Waals surface area (Å²) in [5, 5.41) is 28.1. The summed E-state index contributed by atoms with van der Waals surface area (Å²) < 4.78 is 16.9. The highest BCUT2D eigenvalue weighted by Gasteiger charge is 2.14. The highest BCUT2D eigenvalue weighted by Crippen LogP contribution is 2.30. The maximum atomic E-state index is 12.6. The fraction of sp³-hybridized carbons (Fsp3) is 0.286. The third kappa shape index (κ3) is 8.60. The lowest BCUT2D eigenvalue weighted by molar-refractivity contribution is -0.142. The van der Waals surface area contributed by atoms with Gasteiger partial charge in [-0.15, -0.1) is 0 Å². The number of pyridine rings is 1. The number of aliphatic hydroxyl groups is 2. The van der Waals surface area contributed by atoms with Crippen LogP contribution < -0.4 is 20.1 Å². The average molecular weight is 627 g/mol. The van der Waals surface area contributed by atoms with Gasteiger partial charge in [0.05, 0.1) is 25.2 Å². The number of aromatic nitrogens is 2. The van der Waals surface area contributed by atoms with Gasteiger partial charge in [0.25, 0.3) is 5.91 Å². The second kappa shape index (κ2) is 15.8. The van der Waals surface area contributed by atoms with Crippen LogP contribution in [0.25, 0.3) is 21.8 Å². The van der Waals surface area contributed by atoms with Crippen LogP contribution >= 0.6 is 0 Å². The van der Waals surface area contributed by atoms with Crippen molar-refractivity contribution in [2.24, 2.45) is 0 Å². The molecule has 0 unspecified atom stereocenters. The van der Waals surface area contributed by atoms with E-state index in [0.29, 0.717) is 41.4 Å². The molecule has 0 spiro atoms. The molecule has 0 aliphatic carbocycles. The fourth-order valence-corrected chi connectivity index (χ4v) is 5.00. The maximum Gasteiger partial charge on any atom is 0.307 e. The number of H-pyrrole nitrogens is 1. The van der Waals surface area contributed by atoms with Gasteiger partial charge < -0.3 is 40.0 Å². The van der Waals surface area contributed by atoms with Crippen LogP contribution in [0.3, 0.4) is 0 Å². The van der Waals surface area contributed by atoms with Crippen molar-refractivity contribution < 1.29 is 34.0 Å². The predicted molar refractivity (Wildman–Crippen MR) is 174 cm³/mol. The zero-order chi connectivity index (χ0) is 32.3. The molecule has 2 heterocycles. The third-order valence-electron chi connectivity index (χ3n) is 7.37. The molecule has 5 N–H and O–H groups in total. The second-order valence-electron chi connectivity index (χ2n) is 10.7. The summed E-state index contributed by atoms with van der Waals surface area (Å²) in [4.78, 5) is 31.6. The fourth-order valence-electron chi connectivity index (χ4n) is 5.00. The lowest BCUT2D eigenvalue weighted by Gasteiger charge is -2.20. The van der Waals surface area contributed by atoms with Gasteiger partial charge in [0, 0.05) is 53.4 Å². The number of nitrogens with zero attached hydrogens (tertiary/aromatic N) is 1. The van der Waals surface area contributed by atoms with Gasteiger partial charge >= 0.3 is 5.97 Å². The van der Waals surface area contributed by atoms with E-state index in [-0.39, 0.29) is 50.6 Å². The number of nitrogens with one attached hydrogen (secondary N) is 3. The van der Waals surface area contributed by atoms with E-state index in [1.54, 1.807) is 37.4 Å². The van der Waals surface area contributed by atoms with Gasteiger partial charge in [0.15, 0.2) is 0 Å². The molecule has 46 heavy (non-hydrogen) atoms. The largest absolute Gasteiger partial charge is 0.490 e. The molecule has 240 valence electrons. The molecular formula is C35H38N4O7. The number of fused-ring (bicyclic) bond motifs is 2. The standard InChI is InChI=1S/C35H38N4O7/c1-2-44-34(42)14-17-38-35(43)24-8-11-28-31(19-24)37-16-13-33(28)46-27-9-6-23(7-10-27)18-25(21-40)39-20-26(41)22-45-32-5-3-4-30-29(32)12-15-36-30/h3-13,15-16,19,25-26,36,39-41H,2,14,17-18,20-22H2,1H3,(H,38,43)/t25-,26-/m0/s1. The van der Waals surface area contributed by atoms with Crippen molar-refractivity contribution in [1.29, 1.82) is 0 Å². The van der Waals surface area contributed by atoms with Gasteiger partial charge in [-0.05, 0) is 73.5 Å². The molecule has 3 aromatic carbocycles. The van der Waals surface area contributed by atoms with Crippen molar-refractivity contribution in [3.05, 3.63) is 96.3 Å². The van der Waals surface area contributed by atoms with Crippen LogP contribution in [0.15, 0.2) is 85.2 Å². The zero-order valence-electron chi connectivity index (χ0n) is 25.6. The lowest BCUT2D eigenvalue weighted by Crippen LogP contribution is -2.41. The summed E-state index contributed by atoms with van der Waals surface area (Å²) in [5.74, 6) is 1.25. The van der Waals surface area contributed by atoms with E-state index in [0.717, 1.165) is 21.9 Å². The Labute approximate surface area is 266 Å². The summed E-state index contributed by atoms with van der Waals surface area (Å²) in [6, 6.07) is 21.9. The van der Waals surface area contributed by atoms with Crippen molar-refractivity contribution >= 4 is 33.7 Å². The molecule has 5 rings (SSSR count). The van der Waals surface area contributed by atoms with Crippen molar-refractivity contribution in [2.75, 3.05) is 32.9 Å². The molecule has 0 bridgehead atoms. The number of ether oxygens (including phenoxy) is 3. The summed E-state index contributed by atoms with van der Waals surface area (Å²) in [5.41, 5.74) is 2.98. The minimum atomic E-state index is -0.754. The van der Waals surface area contributed by atoms with Gasteiger partial charge in [-0.1, -0.05) is 18.2 Å². The zero-order valence-corrected chi connectivity index (χ0v) is 25.6. The number of carbonyl (C=O) groups excluding carboxylic acids is 2. The van der Waals surface area contributed by atoms with Crippen LogP contribution in [0.2, 0.25) is 0 Å². The number of esters is 1. The molecule has 0 aliphatic heterocycles. The van der Waals surface area contributed by atoms with Crippen molar-refractivity contribution in [3.63, 3.8) is 0 Å². The van der Waals surface area contributed by atoms with Gasteiger partial charge in [-0.2, -0.15) is 0 Å². The molecule has 0 saturated heterocycles. The Bertz CT molecular complexity index is 1760. The summed E-state index contributed by atoms with van der Waals surface area (Å²) in [6.07, 6.45) is 3.36. The lowest BCUT2D eigenvalue weighted by atomic mass is 10.1. The summed E-state index contributed by atoms with van der Waals surface area (Å²) in [6.45, 7) is 2.51. The number of hydrogen-bond acceptors (Lipinski definition) is 9. The minimum Gasteiger partial charge on any atom is -0.490 e. The molecule has 2 aromatic heterocycles. The summed E-state index contributed by atoms with van der Waals surface area (Å²) >= 11 is 0. The SMILES string of the molecule is CCOC(=O)CCNC(=O)c1ccc2c(Oc3ccc(C[C@@H](CO)NC[C@H](O)COc4cccc5[nH]ccc45)cc3)ccnc2c1. The molecule has 0 radical (unpaired) electrons. The number of carbonyl (C=O) groups is 2. The highest BCUT2D eigenvalue weighted by atomic mass is 16.5. The monoisotopic (exact) mass is 626 g/mol. The van der Waals surface area contributed by atoms with Gasteiger partial charge in [-0.25, -0.2) is 0 Å². The van der Waals surface area contributed by atoms with Crippen LogP contribution in [0, 0.1) is 0 Å². The first-order valence-electron chi connectivity index (χ1n) is 15.2. The molecule has 0 aliphatic rings. The number of benzene rings is 3. The summed E-state index contributed by atoms with van der Waals surface area (Å²) in [7, 11) is 0. The molecule has 2 atom stereocenters. The highest BCUT2D eigenvalue weighted by molar-refractivity contribution is 5.99. The quantitative estimate of drug-likeness (QED) is 0.102. The number of rotatable bonds is 16. The van der Waals surface area contributed by atoms with E-state index in [4.69, 9.17) is 14.2 Å². The Hall–Kier alpha value is -4.97.